The Bertz CT molecular complexity index is 632. The Labute approximate surface area is 134 Å². The number of benzene rings is 1. The molecule has 0 amide bonds. The summed E-state index contributed by atoms with van der Waals surface area (Å²) in [4.78, 5) is 9.39. The van der Waals surface area contributed by atoms with Gasteiger partial charge in [0.15, 0.2) is 0 Å². The standard InChI is InChI=1S/C16H20N4OS/c1-12-17-16(22-18-12)20-10-14-15(11-20)21-8-7-19(14)9-13-5-3-2-4-6-13/h2-6,14-15H,7-11H2,1H3/t14-,15+/m1/s1. The molecule has 0 radical (unpaired) electrons. The van der Waals surface area contributed by atoms with E-state index in [-0.39, 0.29) is 6.10 Å². The van der Waals surface area contributed by atoms with Gasteiger partial charge in [-0.25, -0.2) is 4.98 Å². The molecule has 5 nitrogen and oxygen atoms in total. The lowest BCUT2D eigenvalue weighted by atomic mass is 10.1. The van der Waals surface area contributed by atoms with Crippen LogP contribution >= 0.6 is 11.5 Å². The topological polar surface area (TPSA) is 41.5 Å². The van der Waals surface area contributed by atoms with Crippen LogP contribution in [0.2, 0.25) is 0 Å². The van der Waals surface area contributed by atoms with Gasteiger partial charge in [-0.3, -0.25) is 4.90 Å². The molecule has 4 rings (SSSR count). The minimum Gasteiger partial charge on any atom is -0.373 e. The first-order chi connectivity index (χ1) is 10.8. The second-order valence-corrected chi connectivity index (χ2v) is 6.69. The molecule has 0 aliphatic carbocycles. The van der Waals surface area contributed by atoms with Crippen molar-refractivity contribution >= 4 is 16.7 Å². The zero-order valence-electron chi connectivity index (χ0n) is 12.7. The molecular weight excluding hydrogens is 296 g/mol. The molecule has 0 saturated carbocycles. The van der Waals surface area contributed by atoms with Gasteiger partial charge in [-0.05, 0) is 12.5 Å². The van der Waals surface area contributed by atoms with E-state index in [0.717, 1.165) is 43.7 Å². The fourth-order valence-electron chi connectivity index (χ4n) is 3.34. The SMILES string of the molecule is Cc1nsc(N2C[C@@H]3OCCN(Cc4ccccc4)[C@@H]3C2)n1. The van der Waals surface area contributed by atoms with E-state index >= 15 is 0 Å². The summed E-state index contributed by atoms with van der Waals surface area (Å²) in [6, 6.07) is 11.1. The minimum atomic E-state index is 0.279. The van der Waals surface area contributed by atoms with E-state index in [0.29, 0.717) is 6.04 Å². The normalized spacial score (nSPS) is 25.4. The molecule has 22 heavy (non-hydrogen) atoms. The van der Waals surface area contributed by atoms with E-state index in [2.05, 4.69) is 49.5 Å². The van der Waals surface area contributed by atoms with Crippen LogP contribution in [0.1, 0.15) is 11.4 Å². The molecule has 2 atom stereocenters. The molecule has 6 heteroatoms. The molecule has 2 fully saturated rings. The predicted octanol–water partition coefficient (Wildman–Crippen LogP) is 1.94. The average Bonchev–Trinajstić information content (AvgIpc) is 3.15. The lowest BCUT2D eigenvalue weighted by molar-refractivity contribution is -0.0499. The van der Waals surface area contributed by atoms with Crippen LogP contribution in [0, 0.1) is 6.92 Å². The maximum atomic E-state index is 6.00. The van der Waals surface area contributed by atoms with Crippen LogP contribution in [-0.4, -0.2) is 52.6 Å². The largest absolute Gasteiger partial charge is 0.373 e. The third-order valence-corrected chi connectivity index (χ3v) is 5.30. The molecule has 0 N–H and O–H groups in total. The van der Waals surface area contributed by atoms with Crippen LogP contribution in [0.4, 0.5) is 5.13 Å². The molecule has 116 valence electrons. The Morgan fingerprint density at radius 3 is 2.91 bits per heavy atom. The van der Waals surface area contributed by atoms with Crippen molar-refractivity contribution in [1.82, 2.24) is 14.3 Å². The van der Waals surface area contributed by atoms with E-state index in [1.807, 2.05) is 6.92 Å². The number of aromatic nitrogens is 2. The molecule has 2 aromatic rings. The van der Waals surface area contributed by atoms with Crippen molar-refractivity contribution < 1.29 is 4.74 Å². The van der Waals surface area contributed by atoms with Crippen LogP contribution in [0.15, 0.2) is 30.3 Å². The van der Waals surface area contributed by atoms with Crippen molar-refractivity contribution in [2.24, 2.45) is 0 Å². The van der Waals surface area contributed by atoms with Crippen LogP contribution in [0.25, 0.3) is 0 Å². The maximum absolute atomic E-state index is 6.00. The highest BCUT2D eigenvalue weighted by molar-refractivity contribution is 7.09. The van der Waals surface area contributed by atoms with Gasteiger partial charge in [-0.2, -0.15) is 4.37 Å². The molecule has 2 aliphatic heterocycles. The second-order valence-electron chi connectivity index (χ2n) is 5.96. The van der Waals surface area contributed by atoms with E-state index in [4.69, 9.17) is 4.74 Å². The molecule has 2 aliphatic rings. The monoisotopic (exact) mass is 316 g/mol. The minimum absolute atomic E-state index is 0.279. The molecular formula is C16H20N4OS. The Hall–Kier alpha value is -1.50. The number of hydrogen-bond acceptors (Lipinski definition) is 6. The van der Waals surface area contributed by atoms with Crippen molar-refractivity contribution in [1.29, 1.82) is 0 Å². The lowest BCUT2D eigenvalue weighted by Gasteiger charge is -2.36. The van der Waals surface area contributed by atoms with Gasteiger partial charge in [0, 0.05) is 37.7 Å². The smallest absolute Gasteiger partial charge is 0.205 e. The fourth-order valence-corrected chi connectivity index (χ4v) is 4.04. The highest BCUT2D eigenvalue weighted by Crippen LogP contribution is 2.29. The lowest BCUT2D eigenvalue weighted by Crippen LogP contribution is -2.50. The summed E-state index contributed by atoms with van der Waals surface area (Å²) in [5.41, 5.74) is 1.37. The van der Waals surface area contributed by atoms with Gasteiger partial charge in [-0.15, -0.1) is 0 Å². The number of hydrogen-bond donors (Lipinski definition) is 0. The van der Waals surface area contributed by atoms with Crippen LogP contribution in [-0.2, 0) is 11.3 Å². The molecule has 0 spiro atoms. The molecule has 0 bridgehead atoms. The van der Waals surface area contributed by atoms with Crippen LogP contribution in [0.5, 0.6) is 0 Å². The maximum Gasteiger partial charge on any atom is 0.205 e. The van der Waals surface area contributed by atoms with E-state index in [1.165, 1.54) is 17.1 Å². The third kappa shape index (κ3) is 2.74. The Morgan fingerprint density at radius 1 is 1.27 bits per heavy atom. The molecule has 0 unspecified atom stereocenters. The number of aryl methyl sites for hydroxylation is 1. The van der Waals surface area contributed by atoms with Crippen LogP contribution in [0.3, 0.4) is 0 Å². The Balaban J connectivity index is 1.49. The van der Waals surface area contributed by atoms with Gasteiger partial charge in [-0.1, -0.05) is 30.3 Å². The first kappa shape index (κ1) is 14.1. The van der Waals surface area contributed by atoms with Crippen LogP contribution < -0.4 is 4.90 Å². The van der Waals surface area contributed by atoms with E-state index in [1.54, 1.807) is 0 Å². The number of ether oxygens (including phenoxy) is 1. The Kier molecular flexibility index (Phi) is 3.82. The number of fused-ring (bicyclic) bond motifs is 1. The summed E-state index contributed by atoms with van der Waals surface area (Å²) in [6.45, 7) is 6.66. The zero-order valence-corrected chi connectivity index (χ0v) is 13.5. The van der Waals surface area contributed by atoms with Gasteiger partial charge in [0.1, 0.15) is 5.82 Å². The molecule has 1 aromatic carbocycles. The van der Waals surface area contributed by atoms with Gasteiger partial charge in [0.25, 0.3) is 0 Å². The molecule has 2 saturated heterocycles. The third-order valence-electron chi connectivity index (χ3n) is 4.43. The first-order valence-electron chi connectivity index (χ1n) is 7.74. The van der Waals surface area contributed by atoms with Crippen molar-refractivity contribution in [2.75, 3.05) is 31.1 Å². The first-order valence-corrected chi connectivity index (χ1v) is 8.52. The quantitative estimate of drug-likeness (QED) is 0.865. The number of morpholine rings is 1. The van der Waals surface area contributed by atoms with Crippen molar-refractivity contribution in [3.05, 3.63) is 41.7 Å². The highest BCUT2D eigenvalue weighted by atomic mass is 32.1. The predicted molar refractivity (Wildman–Crippen MR) is 87.2 cm³/mol. The number of rotatable bonds is 3. The van der Waals surface area contributed by atoms with Gasteiger partial charge in [0.05, 0.1) is 18.8 Å². The van der Waals surface area contributed by atoms with Gasteiger partial charge < -0.3 is 9.64 Å². The van der Waals surface area contributed by atoms with Crippen molar-refractivity contribution in [2.45, 2.75) is 25.6 Å². The summed E-state index contributed by atoms with van der Waals surface area (Å²) < 4.78 is 10.3. The summed E-state index contributed by atoms with van der Waals surface area (Å²) in [7, 11) is 0. The van der Waals surface area contributed by atoms with Crippen molar-refractivity contribution in [3.63, 3.8) is 0 Å². The summed E-state index contributed by atoms with van der Waals surface area (Å²) in [5, 5.41) is 1.02. The number of nitrogens with zero attached hydrogens (tertiary/aromatic N) is 4. The van der Waals surface area contributed by atoms with E-state index in [9.17, 15) is 0 Å². The van der Waals surface area contributed by atoms with Crippen molar-refractivity contribution in [3.8, 4) is 0 Å². The summed E-state index contributed by atoms with van der Waals surface area (Å²) in [6.07, 6.45) is 0.279. The summed E-state index contributed by atoms with van der Waals surface area (Å²) in [5.74, 6) is 0.858. The second kappa shape index (κ2) is 5.95. The number of anilines is 1. The van der Waals surface area contributed by atoms with Gasteiger partial charge in [0.2, 0.25) is 5.13 Å². The average molecular weight is 316 g/mol. The Morgan fingerprint density at radius 2 is 2.14 bits per heavy atom. The highest BCUT2D eigenvalue weighted by Gasteiger charge is 2.40. The zero-order chi connectivity index (χ0) is 14.9. The molecule has 3 heterocycles. The fraction of sp³-hybridized carbons (Fsp3) is 0.500. The molecule has 1 aromatic heterocycles. The summed E-state index contributed by atoms with van der Waals surface area (Å²) >= 11 is 1.49. The van der Waals surface area contributed by atoms with E-state index < -0.39 is 0 Å². The van der Waals surface area contributed by atoms with Gasteiger partial charge >= 0.3 is 0 Å².